The smallest absolute Gasteiger partial charge is 0.249 e. The molecule has 4 atom stereocenters. The molecule has 0 aromatic heterocycles. The molecule has 0 aliphatic rings. The molecule has 5 N–H and O–H groups in total. The van der Waals surface area contributed by atoms with Crippen molar-refractivity contribution in [2.75, 3.05) is 6.61 Å². The van der Waals surface area contributed by atoms with Crippen molar-refractivity contribution in [2.24, 2.45) is 0 Å². The lowest BCUT2D eigenvalue weighted by Gasteiger charge is -2.27. The van der Waals surface area contributed by atoms with E-state index in [-0.39, 0.29) is 0 Å². The summed E-state index contributed by atoms with van der Waals surface area (Å²) in [5.74, 6) is -0.585. The Morgan fingerprint density at radius 1 is 0.403 bits per heavy atom. The molecule has 0 saturated heterocycles. The van der Waals surface area contributed by atoms with Crippen LogP contribution in [0.4, 0.5) is 0 Å². The molecule has 0 heterocycles. The second-order valence-electron chi connectivity index (χ2n) is 19.3. The van der Waals surface area contributed by atoms with E-state index in [0.29, 0.717) is 12.8 Å². The number of aliphatic hydroxyl groups is 4. The van der Waals surface area contributed by atoms with Crippen LogP contribution in [-0.4, -0.2) is 57.3 Å². The number of amides is 1. The van der Waals surface area contributed by atoms with Crippen molar-refractivity contribution in [3.63, 3.8) is 0 Å². The van der Waals surface area contributed by atoms with Gasteiger partial charge in [0, 0.05) is 0 Å². The van der Waals surface area contributed by atoms with Gasteiger partial charge < -0.3 is 25.7 Å². The average molecular weight is 876 g/mol. The number of nitrogens with one attached hydrogen (secondary N) is 1. The average Bonchev–Trinajstić information content (AvgIpc) is 3.28. The number of rotatable bonds is 51. The Kier molecular flexibility index (Phi) is 49.8. The van der Waals surface area contributed by atoms with Gasteiger partial charge in [-0.1, -0.05) is 282 Å². The summed E-state index contributed by atoms with van der Waals surface area (Å²) in [6.45, 7) is 4.05. The summed E-state index contributed by atoms with van der Waals surface area (Å²) < 4.78 is 0. The molecule has 368 valence electrons. The van der Waals surface area contributed by atoms with Crippen molar-refractivity contribution in [1.82, 2.24) is 5.32 Å². The van der Waals surface area contributed by atoms with Gasteiger partial charge in [0.2, 0.25) is 5.91 Å². The van der Waals surface area contributed by atoms with E-state index in [1.165, 1.54) is 225 Å². The summed E-state index contributed by atoms with van der Waals surface area (Å²) in [4.78, 5) is 12.6. The summed E-state index contributed by atoms with van der Waals surface area (Å²) in [6.07, 6.45) is 61.0. The molecule has 0 saturated carbocycles. The van der Waals surface area contributed by atoms with Crippen molar-refractivity contribution < 1.29 is 25.2 Å². The standard InChI is InChI=1S/C56H109NO5/c1-3-5-7-9-11-13-15-17-19-21-23-24-25-26-27-28-29-30-31-32-34-35-37-39-41-43-45-47-49-53(59)55(61)52(51-58)57-56(62)54(60)50-48-46-44-42-40-38-36-33-22-20-18-16-14-12-10-8-6-4-2/h12,14,16,18,52-55,58-61H,3-11,13,15,17,19-51H2,1-2H3,(H,57,62)/b14-12-,18-16-. The zero-order valence-electron chi connectivity index (χ0n) is 41.6. The maximum atomic E-state index is 12.6. The normalized spacial score (nSPS) is 14.0. The quantitative estimate of drug-likeness (QED) is 0.0309. The number of hydrogen-bond acceptors (Lipinski definition) is 5. The van der Waals surface area contributed by atoms with Crippen LogP contribution in [0, 0.1) is 0 Å². The van der Waals surface area contributed by atoms with Crippen LogP contribution in [0.5, 0.6) is 0 Å². The molecule has 0 bridgehead atoms. The number of carbonyl (C=O) groups is 1. The van der Waals surface area contributed by atoms with Gasteiger partial charge in [0.1, 0.15) is 12.2 Å². The molecule has 6 heteroatoms. The van der Waals surface area contributed by atoms with Gasteiger partial charge in [-0.05, 0) is 38.5 Å². The van der Waals surface area contributed by atoms with Crippen LogP contribution >= 0.6 is 0 Å². The third-order valence-electron chi connectivity index (χ3n) is 13.2. The molecule has 0 aromatic carbocycles. The van der Waals surface area contributed by atoms with Crippen LogP contribution in [0.15, 0.2) is 24.3 Å². The molecule has 0 aliphatic carbocycles. The van der Waals surface area contributed by atoms with Crippen molar-refractivity contribution in [1.29, 1.82) is 0 Å². The summed E-state index contributed by atoms with van der Waals surface area (Å²) in [5, 5.41) is 44.0. The van der Waals surface area contributed by atoms with Gasteiger partial charge in [-0.3, -0.25) is 4.79 Å². The minimum atomic E-state index is -1.26. The molecule has 0 fully saturated rings. The first-order valence-corrected chi connectivity index (χ1v) is 27.7. The van der Waals surface area contributed by atoms with Gasteiger partial charge in [0.05, 0.1) is 18.8 Å². The molecular weight excluding hydrogens is 767 g/mol. The van der Waals surface area contributed by atoms with E-state index < -0.39 is 36.9 Å². The van der Waals surface area contributed by atoms with Gasteiger partial charge in [-0.15, -0.1) is 0 Å². The fourth-order valence-corrected chi connectivity index (χ4v) is 8.81. The molecule has 6 nitrogen and oxygen atoms in total. The lowest BCUT2D eigenvalue weighted by atomic mass is 9.99. The van der Waals surface area contributed by atoms with Gasteiger partial charge in [0.15, 0.2) is 0 Å². The maximum absolute atomic E-state index is 12.6. The Bertz CT molecular complexity index is 939. The van der Waals surface area contributed by atoms with Gasteiger partial charge in [0.25, 0.3) is 0 Å². The summed E-state index contributed by atoms with van der Waals surface area (Å²) in [6, 6.07) is -0.987. The predicted octanol–water partition coefficient (Wildman–Crippen LogP) is 15.9. The van der Waals surface area contributed by atoms with Gasteiger partial charge in [-0.2, -0.15) is 0 Å². The first kappa shape index (κ1) is 60.8. The van der Waals surface area contributed by atoms with E-state index in [4.69, 9.17) is 0 Å². The zero-order valence-corrected chi connectivity index (χ0v) is 41.6. The Morgan fingerprint density at radius 2 is 0.677 bits per heavy atom. The SMILES string of the molecule is CCCCC/C=C\C=C/CCCCCCCCCCCC(O)C(=O)NC(CO)C(O)C(O)CCCCCCCCCCCCCCCCCCCCCCCCCCCCCC. The largest absolute Gasteiger partial charge is 0.394 e. The summed E-state index contributed by atoms with van der Waals surface area (Å²) >= 11 is 0. The van der Waals surface area contributed by atoms with Crippen molar-refractivity contribution in [3.8, 4) is 0 Å². The Hall–Kier alpha value is -1.21. The third kappa shape index (κ3) is 44.0. The van der Waals surface area contributed by atoms with Crippen LogP contribution < -0.4 is 5.32 Å². The topological polar surface area (TPSA) is 110 Å². The van der Waals surface area contributed by atoms with Crippen LogP contribution in [0.2, 0.25) is 0 Å². The second-order valence-corrected chi connectivity index (χ2v) is 19.3. The molecule has 1 amide bonds. The predicted molar refractivity (Wildman–Crippen MR) is 270 cm³/mol. The Morgan fingerprint density at radius 3 is 1.02 bits per heavy atom. The van der Waals surface area contributed by atoms with Crippen LogP contribution in [0.3, 0.4) is 0 Å². The third-order valence-corrected chi connectivity index (χ3v) is 13.2. The van der Waals surface area contributed by atoms with Gasteiger partial charge >= 0.3 is 0 Å². The number of allylic oxidation sites excluding steroid dienone is 4. The zero-order chi connectivity index (χ0) is 45.2. The van der Waals surface area contributed by atoms with E-state index >= 15 is 0 Å². The molecule has 0 radical (unpaired) electrons. The van der Waals surface area contributed by atoms with E-state index in [1.807, 2.05) is 0 Å². The van der Waals surface area contributed by atoms with Crippen LogP contribution in [-0.2, 0) is 4.79 Å². The Balaban J connectivity index is 3.60. The van der Waals surface area contributed by atoms with E-state index in [0.717, 1.165) is 44.9 Å². The summed E-state index contributed by atoms with van der Waals surface area (Å²) in [7, 11) is 0. The second kappa shape index (κ2) is 50.8. The van der Waals surface area contributed by atoms with E-state index in [2.05, 4.69) is 43.5 Å². The first-order chi connectivity index (χ1) is 30.5. The molecule has 4 unspecified atom stereocenters. The maximum Gasteiger partial charge on any atom is 0.249 e. The fourth-order valence-electron chi connectivity index (χ4n) is 8.81. The first-order valence-electron chi connectivity index (χ1n) is 27.7. The Labute approximate surface area is 386 Å². The molecule has 62 heavy (non-hydrogen) atoms. The number of hydrogen-bond donors (Lipinski definition) is 5. The van der Waals surface area contributed by atoms with Crippen molar-refractivity contribution in [3.05, 3.63) is 24.3 Å². The van der Waals surface area contributed by atoms with E-state index in [1.54, 1.807) is 0 Å². The molecule has 0 aromatic rings. The number of aliphatic hydroxyl groups excluding tert-OH is 4. The van der Waals surface area contributed by atoms with Crippen molar-refractivity contribution >= 4 is 5.91 Å². The molecular formula is C56H109NO5. The molecule has 0 spiro atoms. The van der Waals surface area contributed by atoms with Crippen LogP contribution in [0.25, 0.3) is 0 Å². The van der Waals surface area contributed by atoms with Gasteiger partial charge in [-0.25, -0.2) is 0 Å². The lowest BCUT2D eigenvalue weighted by molar-refractivity contribution is -0.132. The summed E-state index contributed by atoms with van der Waals surface area (Å²) in [5.41, 5.74) is 0. The monoisotopic (exact) mass is 876 g/mol. The highest BCUT2D eigenvalue weighted by atomic mass is 16.3. The minimum absolute atomic E-state index is 0.365. The highest BCUT2D eigenvalue weighted by molar-refractivity contribution is 5.80. The molecule has 0 rings (SSSR count). The lowest BCUT2D eigenvalue weighted by Crippen LogP contribution is -2.53. The van der Waals surface area contributed by atoms with E-state index in [9.17, 15) is 25.2 Å². The highest BCUT2D eigenvalue weighted by Gasteiger charge is 2.28. The highest BCUT2D eigenvalue weighted by Crippen LogP contribution is 2.18. The molecule has 0 aliphatic heterocycles. The number of unbranched alkanes of at least 4 members (excludes halogenated alkanes) is 39. The number of carbonyl (C=O) groups excluding carboxylic acids is 1. The minimum Gasteiger partial charge on any atom is -0.394 e. The fraction of sp³-hybridized carbons (Fsp3) is 0.911. The van der Waals surface area contributed by atoms with Crippen molar-refractivity contribution in [2.45, 2.75) is 321 Å². The van der Waals surface area contributed by atoms with Crippen LogP contribution in [0.1, 0.15) is 296 Å².